The van der Waals surface area contributed by atoms with Crippen LogP contribution in [0.2, 0.25) is 0 Å². The van der Waals surface area contributed by atoms with E-state index in [-0.39, 0.29) is 17.0 Å². The minimum atomic E-state index is -3.65. The summed E-state index contributed by atoms with van der Waals surface area (Å²) in [6.07, 6.45) is 7.23. The molecule has 2 aromatic heterocycles. The molecule has 2 aliphatic heterocycles. The van der Waals surface area contributed by atoms with E-state index in [4.69, 9.17) is 0 Å². The number of hydrogen-bond donors (Lipinski definition) is 0. The summed E-state index contributed by atoms with van der Waals surface area (Å²) >= 11 is 0. The Labute approximate surface area is 145 Å². The van der Waals surface area contributed by atoms with Crippen molar-refractivity contribution >= 4 is 20.9 Å². The maximum absolute atomic E-state index is 13.5. The number of fused-ring (bicyclic) bond motifs is 5. The van der Waals surface area contributed by atoms with E-state index in [1.165, 1.54) is 6.33 Å². The molecule has 3 aromatic rings. The third-order valence-corrected chi connectivity index (χ3v) is 7.20. The van der Waals surface area contributed by atoms with Crippen molar-refractivity contribution in [1.29, 1.82) is 0 Å². The first kappa shape index (κ1) is 14.9. The lowest BCUT2D eigenvalue weighted by Crippen LogP contribution is -2.42. The first-order valence-corrected chi connectivity index (χ1v) is 9.76. The number of rotatable bonds is 2. The molecule has 1 aromatic carbocycles. The summed E-state index contributed by atoms with van der Waals surface area (Å²) in [4.78, 5) is 13.1. The van der Waals surface area contributed by atoms with Crippen LogP contribution in [0, 0.1) is 0 Å². The van der Waals surface area contributed by atoms with Crippen molar-refractivity contribution in [2.45, 2.75) is 36.2 Å². The molecule has 0 aliphatic carbocycles. The largest absolute Gasteiger partial charge is 0.255 e. The maximum Gasteiger partial charge on any atom is 0.246 e. The highest BCUT2D eigenvalue weighted by Gasteiger charge is 2.47. The zero-order valence-corrected chi connectivity index (χ0v) is 14.2. The molecule has 2 unspecified atom stereocenters. The van der Waals surface area contributed by atoms with Crippen LogP contribution in [-0.4, -0.2) is 33.7 Å². The van der Waals surface area contributed by atoms with Crippen molar-refractivity contribution in [1.82, 2.24) is 19.3 Å². The lowest BCUT2D eigenvalue weighted by molar-refractivity contribution is 0.300. The van der Waals surface area contributed by atoms with Gasteiger partial charge in [0.2, 0.25) is 10.0 Å². The summed E-state index contributed by atoms with van der Waals surface area (Å²) in [5, 5.41) is 0.830. The van der Waals surface area contributed by atoms with Gasteiger partial charge in [0.05, 0.1) is 17.3 Å². The fourth-order valence-corrected chi connectivity index (χ4v) is 6.16. The predicted molar refractivity (Wildman–Crippen MR) is 92.3 cm³/mol. The predicted octanol–water partition coefficient (Wildman–Crippen LogP) is 2.48. The molecule has 6 nitrogen and oxygen atoms in total. The fraction of sp³-hybridized carbons (Fsp3) is 0.278. The molecular formula is C18H16N4O2S. The summed E-state index contributed by atoms with van der Waals surface area (Å²) < 4.78 is 28.7. The lowest BCUT2D eigenvalue weighted by Gasteiger charge is -2.34. The Bertz CT molecular complexity index is 1080. The number of benzene rings is 1. The second kappa shape index (κ2) is 5.31. The average Bonchev–Trinajstić information content (AvgIpc) is 2.97. The van der Waals surface area contributed by atoms with Gasteiger partial charge in [0.15, 0.2) is 0 Å². The van der Waals surface area contributed by atoms with E-state index < -0.39 is 10.0 Å². The maximum atomic E-state index is 13.5. The first-order chi connectivity index (χ1) is 12.2. The van der Waals surface area contributed by atoms with Gasteiger partial charge < -0.3 is 0 Å². The highest BCUT2D eigenvalue weighted by atomic mass is 32.2. The van der Waals surface area contributed by atoms with Gasteiger partial charge >= 0.3 is 0 Å². The lowest BCUT2D eigenvalue weighted by atomic mass is 10.0. The summed E-state index contributed by atoms with van der Waals surface area (Å²) in [6, 6.07) is 8.79. The third-order valence-electron chi connectivity index (χ3n) is 5.21. The van der Waals surface area contributed by atoms with Gasteiger partial charge in [-0.2, -0.15) is 4.31 Å². The Hall–Kier alpha value is -2.38. The molecular weight excluding hydrogens is 336 g/mol. The van der Waals surface area contributed by atoms with Crippen LogP contribution in [0.15, 0.2) is 53.9 Å². The monoisotopic (exact) mass is 352 g/mol. The standard InChI is InChI=1S/C18H16N4O2S/c23-25(24,17-5-1-3-12-4-2-8-20-18(12)17)22-13-6-7-16(22)14-10-19-11-21-15(14)9-13/h1-5,8,10-11,13,16H,6-7,9H2. The van der Waals surface area contributed by atoms with E-state index in [9.17, 15) is 8.42 Å². The molecule has 5 rings (SSSR count). The Morgan fingerprint density at radius 1 is 1.08 bits per heavy atom. The van der Waals surface area contributed by atoms with Crippen LogP contribution in [0.5, 0.6) is 0 Å². The van der Waals surface area contributed by atoms with Crippen molar-refractivity contribution in [2.75, 3.05) is 0 Å². The molecule has 1 saturated heterocycles. The molecule has 1 fully saturated rings. The van der Waals surface area contributed by atoms with Crippen molar-refractivity contribution < 1.29 is 8.42 Å². The third kappa shape index (κ3) is 2.12. The van der Waals surface area contributed by atoms with Gasteiger partial charge in [-0.05, 0) is 25.0 Å². The topological polar surface area (TPSA) is 76.1 Å². The molecule has 25 heavy (non-hydrogen) atoms. The highest BCUT2D eigenvalue weighted by molar-refractivity contribution is 7.89. The van der Waals surface area contributed by atoms with Gasteiger partial charge in [-0.1, -0.05) is 18.2 Å². The molecule has 0 amide bonds. The number of sulfonamides is 1. The van der Waals surface area contributed by atoms with Gasteiger partial charge in [0.25, 0.3) is 0 Å². The second-order valence-corrected chi connectivity index (χ2v) is 8.35. The molecule has 2 bridgehead atoms. The van der Waals surface area contributed by atoms with Crippen LogP contribution in [-0.2, 0) is 16.4 Å². The van der Waals surface area contributed by atoms with Gasteiger partial charge in [0.1, 0.15) is 11.2 Å². The van der Waals surface area contributed by atoms with E-state index in [1.54, 1.807) is 28.8 Å². The molecule has 2 aliphatic rings. The molecule has 0 spiro atoms. The second-order valence-electron chi connectivity index (χ2n) is 6.54. The van der Waals surface area contributed by atoms with Crippen molar-refractivity contribution in [3.8, 4) is 0 Å². The molecule has 4 heterocycles. The molecule has 0 radical (unpaired) electrons. The van der Waals surface area contributed by atoms with E-state index in [0.29, 0.717) is 11.9 Å². The Kier molecular flexibility index (Phi) is 3.17. The van der Waals surface area contributed by atoms with Gasteiger partial charge in [0, 0.05) is 35.8 Å². The number of para-hydroxylation sites is 1. The number of hydrogen-bond acceptors (Lipinski definition) is 5. The summed E-state index contributed by atoms with van der Waals surface area (Å²) in [5.74, 6) is 0. The Balaban J connectivity index is 1.68. The molecule has 0 saturated carbocycles. The van der Waals surface area contributed by atoms with E-state index in [1.807, 2.05) is 18.2 Å². The molecule has 2 atom stereocenters. The number of pyridine rings is 1. The minimum absolute atomic E-state index is 0.0450. The van der Waals surface area contributed by atoms with Crippen LogP contribution in [0.25, 0.3) is 10.9 Å². The summed E-state index contributed by atoms with van der Waals surface area (Å²) in [5.41, 5.74) is 2.44. The van der Waals surface area contributed by atoms with Crippen molar-refractivity contribution in [3.63, 3.8) is 0 Å². The molecule has 0 N–H and O–H groups in total. The van der Waals surface area contributed by atoms with Gasteiger partial charge in [-0.15, -0.1) is 0 Å². The van der Waals surface area contributed by atoms with Crippen LogP contribution in [0.4, 0.5) is 0 Å². The van der Waals surface area contributed by atoms with E-state index in [2.05, 4.69) is 15.0 Å². The van der Waals surface area contributed by atoms with Crippen LogP contribution in [0.3, 0.4) is 0 Å². The quantitative estimate of drug-likeness (QED) is 0.708. The van der Waals surface area contributed by atoms with Gasteiger partial charge in [-0.25, -0.2) is 18.4 Å². The van der Waals surface area contributed by atoms with Crippen LogP contribution < -0.4 is 0 Å². The zero-order valence-electron chi connectivity index (χ0n) is 13.4. The highest BCUT2D eigenvalue weighted by Crippen LogP contribution is 2.46. The average molecular weight is 352 g/mol. The van der Waals surface area contributed by atoms with E-state index >= 15 is 0 Å². The van der Waals surface area contributed by atoms with Crippen LogP contribution in [0.1, 0.15) is 30.1 Å². The van der Waals surface area contributed by atoms with Gasteiger partial charge in [-0.3, -0.25) is 4.98 Å². The minimum Gasteiger partial charge on any atom is -0.255 e. The smallest absolute Gasteiger partial charge is 0.246 e. The van der Waals surface area contributed by atoms with E-state index in [0.717, 1.165) is 29.5 Å². The Morgan fingerprint density at radius 2 is 1.96 bits per heavy atom. The fourth-order valence-electron chi connectivity index (χ4n) is 4.14. The summed E-state index contributed by atoms with van der Waals surface area (Å²) in [6.45, 7) is 0. The first-order valence-electron chi connectivity index (χ1n) is 8.32. The van der Waals surface area contributed by atoms with Crippen LogP contribution >= 0.6 is 0 Å². The van der Waals surface area contributed by atoms with Crippen molar-refractivity contribution in [2.24, 2.45) is 0 Å². The number of nitrogens with zero attached hydrogens (tertiary/aromatic N) is 4. The normalized spacial score (nSPS) is 22.9. The molecule has 126 valence electrons. The summed E-state index contributed by atoms with van der Waals surface area (Å²) in [7, 11) is -3.65. The van der Waals surface area contributed by atoms with Crippen molar-refractivity contribution in [3.05, 3.63) is 60.3 Å². The number of aromatic nitrogens is 3. The molecule has 7 heteroatoms. The SMILES string of the molecule is O=S(=O)(c1cccc2cccnc12)N1C2CCC1c1cncnc1C2. The Morgan fingerprint density at radius 3 is 2.88 bits per heavy atom. The zero-order chi connectivity index (χ0) is 17.0.